The molecular formula is C64H114O6. The highest BCUT2D eigenvalue weighted by Gasteiger charge is 2.19. The van der Waals surface area contributed by atoms with Crippen LogP contribution in [0.1, 0.15) is 310 Å². The molecule has 0 saturated heterocycles. The van der Waals surface area contributed by atoms with Gasteiger partial charge in [-0.3, -0.25) is 14.4 Å². The van der Waals surface area contributed by atoms with E-state index in [4.69, 9.17) is 14.2 Å². The van der Waals surface area contributed by atoms with Crippen molar-refractivity contribution in [1.82, 2.24) is 0 Å². The van der Waals surface area contributed by atoms with Crippen molar-refractivity contribution in [2.24, 2.45) is 0 Å². The van der Waals surface area contributed by atoms with E-state index in [1.54, 1.807) is 0 Å². The van der Waals surface area contributed by atoms with E-state index in [2.05, 4.69) is 81.5 Å². The van der Waals surface area contributed by atoms with E-state index >= 15 is 0 Å². The first-order valence-corrected chi connectivity index (χ1v) is 30.3. The number of rotatable bonds is 55. The fourth-order valence-corrected chi connectivity index (χ4v) is 8.77. The minimum Gasteiger partial charge on any atom is -0.462 e. The number of esters is 3. The maximum atomic E-state index is 12.8. The molecule has 6 nitrogen and oxygen atoms in total. The Balaban J connectivity index is 4.11. The van der Waals surface area contributed by atoms with Gasteiger partial charge in [0.25, 0.3) is 0 Å². The van der Waals surface area contributed by atoms with Gasteiger partial charge >= 0.3 is 17.9 Å². The van der Waals surface area contributed by atoms with Crippen molar-refractivity contribution < 1.29 is 28.6 Å². The summed E-state index contributed by atoms with van der Waals surface area (Å²) in [4.78, 5) is 37.9. The lowest BCUT2D eigenvalue weighted by Crippen LogP contribution is -2.30. The Kier molecular flexibility index (Phi) is 56.3. The lowest BCUT2D eigenvalue weighted by atomic mass is 10.0. The van der Waals surface area contributed by atoms with Gasteiger partial charge in [-0.15, -0.1) is 0 Å². The third kappa shape index (κ3) is 56.0. The molecule has 0 aromatic rings. The van der Waals surface area contributed by atoms with Crippen LogP contribution in [-0.2, 0) is 28.6 Å². The van der Waals surface area contributed by atoms with E-state index in [0.29, 0.717) is 19.3 Å². The van der Waals surface area contributed by atoms with E-state index < -0.39 is 6.10 Å². The highest BCUT2D eigenvalue weighted by molar-refractivity contribution is 5.71. The molecule has 0 heterocycles. The van der Waals surface area contributed by atoms with Crippen LogP contribution in [0, 0.1) is 0 Å². The molecule has 0 aliphatic heterocycles. The molecule has 0 spiro atoms. The predicted octanol–water partition coefficient (Wildman–Crippen LogP) is 20.4. The minimum atomic E-state index is -0.780. The second-order valence-corrected chi connectivity index (χ2v) is 20.2. The smallest absolute Gasteiger partial charge is 0.306 e. The first kappa shape index (κ1) is 67.1. The second-order valence-electron chi connectivity index (χ2n) is 20.2. The van der Waals surface area contributed by atoms with Crippen LogP contribution < -0.4 is 0 Å². The first-order valence-electron chi connectivity index (χ1n) is 30.3. The molecule has 0 aromatic carbocycles. The zero-order valence-electron chi connectivity index (χ0n) is 46.5. The molecule has 0 aromatic heterocycles. The number of hydrogen-bond donors (Lipinski definition) is 0. The normalized spacial score (nSPS) is 12.4. The molecule has 0 aliphatic rings. The number of carbonyl (C=O) groups excluding carboxylic acids is 3. The Hall–Kier alpha value is -2.89. The van der Waals surface area contributed by atoms with Gasteiger partial charge in [-0.25, -0.2) is 0 Å². The van der Waals surface area contributed by atoms with Crippen molar-refractivity contribution in [1.29, 1.82) is 0 Å². The molecule has 0 N–H and O–H groups in total. The summed E-state index contributed by atoms with van der Waals surface area (Å²) in [6.07, 6.45) is 74.0. The fourth-order valence-electron chi connectivity index (χ4n) is 8.77. The van der Waals surface area contributed by atoms with Crippen LogP contribution in [0.5, 0.6) is 0 Å². The van der Waals surface area contributed by atoms with Gasteiger partial charge in [0.15, 0.2) is 6.10 Å². The Labute approximate surface area is 434 Å². The lowest BCUT2D eigenvalue weighted by Gasteiger charge is -2.18. The first-order chi connectivity index (χ1) is 34.5. The van der Waals surface area contributed by atoms with Crippen molar-refractivity contribution >= 4 is 17.9 Å². The summed E-state index contributed by atoms with van der Waals surface area (Å²) in [7, 11) is 0. The van der Waals surface area contributed by atoms with Crippen LogP contribution in [-0.4, -0.2) is 37.2 Å². The van der Waals surface area contributed by atoms with Crippen LogP contribution >= 0.6 is 0 Å². The van der Waals surface area contributed by atoms with E-state index in [0.717, 1.165) is 109 Å². The molecule has 0 rings (SSSR count). The quantitative estimate of drug-likeness (QED) is 0.0261. The molecule has 70 heavy (non-hydrogen) atoms. The molecule has 0 radical (unpaired) electrons. The minimum absolute atomic E-state index is 0.0793. The molecule has 1 atom stereocenters. The summed E-state index contributed by atoms with van der Waals surface area (Å²) in [5, 5.41) is 0. The molecule has 0 saturated carbocycles. The third-order valence-corrected chi connectivity index (χ3v) is 13.3. The highest BCUT2D eigenvalue weighted by Crippen LogP contribution is 2.17. The van der Waals surface area contributed by atoms with Crippen LogP contribution in [0.3, 0.4) is 0 Å². The second kappa shape index (κ2) is 58.7. The number of carbonyl (C=O) groups is 3. The zero-order chi connectivity index (χ0) is 50.7. The standard InChI is InChI=1S/C64H114O6/c1-4-7-10-13-16-18-20-22-24-26-28-30-31-32-33-35-36-38-40-42-44-46-48-51-54-57-63(66)69-60-61(59-68-62(65)56-53-50-15-12-9-6-3)70-64(67)58-55-52-49-47-45-43-41-39-37-34-29-27-25-23-21-19-17-14-11-8-5-2/h8,11,17,19,23,25,29,34,39,41,61H,4-7,9-10,12-16,18,20-22,24,26-28,30-33,35-38,40,42-60H2,1-3H3/b11-8-,19-17-,25-23-,34-29-,41-39-. The average Bonchev–Trinajstić information content (AvgIpc) is 3.36. The molecule has 0 amide bonds. The van der Waals surface area contributed by atoms with E-state index in [-0.39, 0.29) is 31.1 Å². The molecule has 0 bridgehead atoms. The summed E-state index contributed by atoms with van der Waals surface area (Å²) >= 11 is 0. The zero-order valence-corrected chi connectivity index (χ0v) is 46.5. The van der Waals surface area contributed by atoms with E-state index in [9.17, 15) is 14.4 Å². The molecule has 0 aliphatic carbocycles. The largest absolute Gasteiger partial charge is 0.462 e. The topological polar surface area (TPSA) is 78.9 Å². The lowest BCUT2D eigenvalue weighted by molar-refractivity contribution is -0.167. The Bertz CT molecular complexity index is 1260. The monoisotopic (exact) mass is 979 g/mol. The third-order valence-electron chi connectivity index (χ3n) is 13.3. The van der Waals surface area contributed by atoms with Crippen molar-refractivity contribution in [2.75, 3.05) is 13.2 Å². The predicted molar refractivity (Wildman–Crippen MR) is 302 cm³/mol. The summed E-state index contributed by atoms with van der Waals surface area (Å²) in [6.45, 7) is 6.49. The summed E-state index contributed by atoms with van der Waals surface area (Å²) in [5.74, 6) is -0.895. The van der Waals surface area contributed by atoms with Gasteiger partial charge in [-0.05, 0) is 64.2 Å². The van der Waals surface area contributed by atoms with Crippen LogP contribution in [0.4, 0.5) is 0 Å². The molecule has 406 valence electrons. The van der Waals surface area contributed by atoms with Gasteiger partial charge in [0.2, 0.25) is 0 Å². The van der Waals surface area contributed by atoms with Gasteiger partial charge < -0.3 is 14.2 Å². The Morgan fingerprint density at radius 2 is 0.557 bits per heavy atom. The van der Waals surface area contributed by atoms with Crippen LogP contribution in [0.25, 0.3) is 0 Å². The van der Waals surface area contributed by atoms with Crippen LogP contribution in [0.15, 0.2) is 60.8 Å². The van der Waals surface area contributed by atoms with Crippen molar-refractivity contribution in [3.8, 4) is 0 Å². The SMILES string of the molecule is CC/C=C\C/C=C\C/C=C\C/C=C\C/C=C\CCCCCCCC(=O)OC(COC(=O)CCCCCCCC)COC(=O)CCCCCCCCCCCCCCCCCCCCCCCCCCC. The van der Waals surface area contributed by atoms with E-state index in [1.807, 2.05) is 0 Å². The molecular weight excluding hydrogens is 865 g/mol. The maximum Gasteiger partial charge on any atom is 0.306 e. The van der Waals surface area contributed by atoms with Crippen molar-refractivity contribution in [3.05, 3.63) is 60.8 Å². The number of allylic oxidation sites excluding steroid dienone is 10. The van der Waals surface area contributed by atoms with Gasteiger partial charge in [0, 0.05) is 19.3 Å². The highest BCUT2D eigenvalue weighted by atomic mass is 16.6. The summed E-state index contributed by atoms with van der Waals surface area (Å²) in [6, 6.07) is 0. The fraction of sp³-hybridized carbons (Fsp3) is 0.797. The van der Waals surface area contributed by atoms with Gasteiger partial charge in [0.1, 0.15) is 13.2 Å². The van der Waals surface area contributed by atoms with Gasteiger partial charge in [-0.1, -0.05) is 287 Å². The summed E-state index contributed by atoms with van der Waals surface area (Å²) < 4.78 is 16.8. The Morgan fingerprint density at radius 1 is 0.300 bits per heavy atom. The van der Waals surface area contributed by atoms with Gasteiger partial charge in [-0.2, -0.15) is 0 Å². The molecule has 1 unspecified atom stereocenters. The van der Waals surface area contributed by atoms with Crippen molar-refractivity contribution in [3.63, 3.8) is 0 Å². The van der Waals surface area contributed by atoms with E-state index in [1.165, 1.54) is 161 Å². The molecule has 0 fully saturated rings. The summed E-state index contributed by atoms with van der Waals surface area (Å²) in [5.41, 5.74) is 0. The van der Waals surface area contributed by atoms with Crippen LogP contribution in [0.2, 0.25) is 0 Å². The maximum absolute atomic E-state index is 12.8. The number of hydrogen-bond acceptors (Lipinski definition) is 6. The average molecular weight is 980 g/mol. The molecule has 6 heteroatoms. The van der Waals surface area contributed by atoms with Crippen molar-refractivity contribution in [2.45, 2.75) is 316 Å². The van der Waals surface area contributed by atoms with Gasteiger partial charge in [0.05, 0.1) is 0 Å². The Morgan fingerprint density at radius 3 is 0.871 bits per heavy atom. The number of unbranched alkanes of at least 4 members (excludes halogenated alkanes) is 34. The number of ether oxygens (including phenoxy) is 3.